The molecule has 0 aliphatic heterocycles. The fraction of sp³-hybridized carbons (Fsp3) is 0.692. The van der Waals surface area contributed by atoms with Crippen LogP contribution in [-0.4, -0.2) is 34.0 Å². The van der Waals surface area contributed by atoms with Crippen LogP contribution in [0.15, 0.2) is 19.8 Å². The number of rotatable bonds is 8. The molecule has 1 aliphatic rings. The average Bonchev–Trinajstić information content (AvgIpc) is 2.79. The predicted octanol–water partition coefficient (Wildman–Crippen LogP) is 1.95. The monoisotopic (exact) mass is 391 g/mol. The molecule has 3 N–H and O–H groups in total. The molecule has 104 valence electrons. The van der Waals surface area contributed by atoms with Crippen molar-refractivity contribution in [3.8, 4) is 0 Å². The van der Waals surface area contributed by atoms with Crippen LogP contribution in [0.2, 0.25) is 11.5 Å². The van der Waals surface area contributed by atoms with Gasteiger partial charge in [-0.2, -0.15) is 0 Å². The molecule has 5 heteroatoms. The van der Waals surface area contributed by atoms with E-state index in [1.807, 2.05) is 0 Å². The van der Waals surface area contributed by atoms with Crippen molar-refractivity contribution < 1.29 is 21.1 Å². The Bertz CT molecular complexity index is 309. The van der Waals surface area contributed by atoms with Gasteiger partial charge in [0.15, 0.2) is 0 Å². The molecule has 0 bridgehead atoms. The van der Waals surface area contributed by atoms with Gasteiger partial charge in [0.25, 0.3) is 0 Å². The van der Waals surface area contributed by atoms with Gasteiger partial charge in [0.1, 0.15) is 0 Å². The summed E-state index contributed by atoms with van der Waals surface area (Å²) in [6, 6.07) is 0. The maximum absolute atomic E-state index is 3.84. The summed E-state index contributed by atoms with van der Waals surface area (Å²) in [5.41, 5.74) is 0. The van der Waals surface area contributed by atoms with Crippen molar-refractivity contribution in [1.82, 2.24) is 9.78 Å². The molecule has 1 aliphatic carbocycles. The van der Waals surface area contributed by atoms with Gasteiger partial charge in [0.2, 0.25) is 0 Å². The van der Waals surface area contributed by atoms with Crippen LogP contribution >= 0.6 is 0 Å². The fourth-order valence-corrected chi connectivity index (χ4v) is 20.6. The summed E-state index contributed by atoms with van der Waals surface area (Å²) >= 11 is -3.93. The standard InChI is InChI=1S/C7H11Ge.3C2H6N.Zr/c1-8(2)7-5-3-4-6-7;3*1-2-3;/h3,5,8H,4H2,1-2H3;3*3H,2H2,1H3;/q;3*-1;+3. The van der Waals surface area contributed by atoms with E-state index in [9.17, 15) is 0 Å². The minimum atomic E-state index is -2.73. The van der Waals surface area contributed by atoms with Gasteiger partial charge in [-0.1, -0.05) is 0 Å². The minimum absolute atomic E-state index is 1.05. The summed E-state index contributed by atoms with van der Waals surface area (Å²) in [5.74, 6) is 4.97. The molecule has 0 spiro atoms. The quantitative estimate of drug-likeness (QED) is 0.554. The fourth-order valence-electron chi connectivity index (χ4n) is 2.74. The van der Waals surface area contributed by atoms with E-state index in [1.54, 1.807) is 7.69 Å². The zero-order valence-corrected chi connectivity index (χ0v) is 17.4. The molecule has 0 heterocycles. The van der Waals surface area contributed by atoms with Crippen molar-refractivity contribution >= 4 is 14.3 Å². The Labute approximate surface area is 123 Å². The van der Waals surface area contributed by atoms with Crippen LogP contribution in [0.25, 0.3) is 0 Å². The van der Waals surface area contributed by atoms with Gasteiger partial charge in [-0.3, -0.25) is 0 Å². The summed E-state index contributed by atoms with van der Waals surface area (Å²) in [6.07, 6.45) is 5.95. The second-order valence-corrected chi connectivity index (χ2v) is 19.0. The van der Waals surface area contributed by atoms with E-state index >= 15 is 0 Å². The zero-order chi connectivity index (χ0) is 13.6. The van der Waals surface area contributed by atoms with E-state index in [0.29, 0.717) is 0 Å². The Morgan fingerprint density at radius 3 is 1.94 bits per heavy atom. The molecule has 0 saturated heterocycles. The molecule has 0 radical (unpaired) electrons. The van der Waals surface area contributed by atoms with E-state index in [1.165, 1.54) is 6.42 Å². The Morgan fingerprint density at radius 2 is 1.56 bits per heavy atom. The van der Waals surface area contributed by atoms with Crippen molar-refractivity contribution in [2.45, 2.75) is 38.7 Å². The SMILES string of the molecule is CC[NH][Zr]([NH]CC)([NH]CC)[C]1=[C]([GeH]([CH3])[CH3])C=CC1. The molecule has 0 aromatic heterocycles. The number of nitrogens with one attached hydrogen (secondary N) is 3. The van der Waals surface area contributed by atoms with Crippen LogP contribution < -0.4 is 9.78 Å². The van der Waals surface area contributed by atoms with E-state index in [2.05, 4.69) is 54.2 Å². The van der Waals surface area contributed by atoms with Crippen molar-refractivity contribution in [2.24, 2.45) is 0 Å². The zero-order valence-electron chi connectivity index (χ0n) is 12.6. The van der Waals surface area contributed by atoms with Crippen molar-refractivity contribution in [3.63, 3.8) is 0 Å². The first-order valence-corrected chi connectivity index (χ1v) is 18.2. The van der Waals surface area contributed by atoms with Gasteiger partial charge < -0.3 is 0 Å². The van der Waals surface area contributed by atoms with Crippen LogP contribution in [0, 0.1) is 0 Å². The number of hydrogen-bond donors (Lipinski definition) is 3. The molecule has 18 heavy (non-hydrogen) atoms. The summed E-state index contributed by atoms with van der Waals surface area (Å²) in [7, 11) is 0. The molecular formula is C13H29GeN3Zr. The molecule has 3 nitrogen and oxygen atoms in total. The van der Waals surface area contributed by atoms with Crippen LogP contribution in [0.5, 0.6) is 0 Å². The van der Waals surface area contributed by atoms with Crippen molar-refractivity contribution in [1.29, 1.82) is 0 Å². The molecular weight excluding hydrogens is 362 g/mol. The summed E-state index contributed by atoms with van der Waals surface area (Å²) in [5, 5.41) is 0. The molecule has 0 unspecified atom stereocenters. The Balaban J connectivity index is 3.11. The summed E-state index contributed by atoms with van der Waals surface area (Å²) in [4.78, 5) is 0. The second kappa shape index (κ2) is 8.16. The Hall–Kier alpha value is 0.786. The Morgan fingerprint density at radius 1 is 1.06 bits per heavy atom. The van der Waals surface area contributed by atoms with Crippen LogP contribution in [0.3, 0.4) is 0 Å². The Kier molecular flexibility index (Phi) is 7.63. The first-order valence-electron chi connectivity index (χ1n) is 7.26. The first-order chi connectivity index (χ1) is 8.61. The van der Waals surface area contributed by atoms with Crippen LogP contribution in [0.1, 0.15) is 27.2 Å². The average molecular weight is 391 g/mol. The maximum atomic E-state index is 3.84. The van der Waals surface area contributed by atoms with E-state index < -0.39 is 35.5 Å². The molecule has 0 aromatic carbocycles. The van der Waals surface area contributed by atoms with Crippen molar-refractivity contribution in [3.05, 3.63) is 19.8 Å². The number of hydrogen-bond acceptors (Lipinski definition) is 3. The third kappa shape index (κ3) is 3.89. The topological polar surface area (TPSA) is 36.1 Å². The van der Waals surface area contributed by atoms with Gasteiger partial charge in [0, 0.05) is 0 Å². The van der Waals surface area contributed by atoms with Crippen molar-refractivity contribution in [2.75, 3.05) is 19.6 Å². The molecule has 0 atom stereocenters. The van der Waals surface area contributed by atoms with Gasteiger partial charge in [-0.25, -0.2) is 0 Å². The predicted molar refractivity (Wildman–Crippen MR) is 80.7 cm³/mol. The summed E-state index contributed by atoms with van der Waals surface area (Å²) in [6.45, 7) is 9.83. The molecule has 1 rings (SSSR count). The van der Waals surface area contributed by atoms with Gasteiger partial charge in [0.05, 0.1) is 0 Å². The molecule has 0 fully saturated rings. The molecule has 0 saturated carbocycles. The van der Waals surface area contributed by atoms with Gasteiger partial charge in [-0.05, 0) is 0 Å². The van der Waals surface area contributed by atoms with Gasteiger partial charge >= 0.3 is 123 Å². The van der Waals surface area contributed by atoms with E-state index in [4.69, 9.17) is 0 Å². The normalized spacial score (nSPS) is 16.1. The van der Waals surface area contributed by atoms with Crippen LogP contribution in [0.4, 0.5) is 0 Å². The number of allylic oxidation sites excluding steroid dienone is 4. The van der Waals surface area contributed by atoms with E-state index in [0.717, 1.165) is 19.6 Å². The summed E-state index contributed by atoms with van der Waals surface area (Å²) < 4.78 is 15.0. The van der Waals surface area contributed by atoms with Crippen LogP contribution in [-0.2, 0) is 21.1 Å². The van der Waals surface area contributed by atoms with Gasteiger partial charge in [-0.15, -0.1) is 0 Å². The third-order valence-electron chi connectivity index (χ3n) is 3.37. The first kappa shape index (κ1) is 16.8. The third-order valence-corrected chi connectivity index (χ3v) is 18.6. The second-order valence-electron chi connectivity index (χ2n) is 5.04. The molecule has 0 amide bonds. The molecule has 0 aromatic rings. The van der Waals surface area contributed by atoms with E-state index in [-0.39, 0.29) is 0 Å².